The van der Waals surface area contributed by atoms with Crippen LogP contribution in [0.1, 0.15) is 64.4 Å². The van der Waals surface area contributed by atoms with E-state index in [1.807, 2.05) is 11.4 Å². The van der Waals surface area contributed by atoms with Crippen molar-refractivity contribution in [2.75, 3.05) is 19.4 Å². The van der Waals surface area contributed by atoms with E-state index >= 15 is 0 Å². The normalized spacial score (nSPS) is 15.5. The maximum atomic E-state index is 12.6. The van der Waals surface area contributed by atoms with Gasteiger partial charge in [-0.25, -0.2) is 0 Å². The number of anilines is 1. The molecule has 1 fully saturated rings. The van der Waals surface area contributed by atoms with E-state index in [1.54, 1.807) is 11.3 Å². The molecule has 1 heterocycles. The van der Waals surface area contributed by atoms with Crippen LogP contribution in [-0.2, 0) is 6.54 Å². The summed E-state index contributed by atoms with van der Waals surface area (Å²) in [5, 5.41) is 5.09. The molecule has 3 nitrogen and oxygen atoms in total. The van der Waals surface area contributed by atoms with E-state index in [9.17, 15) is 4.79 Å². The van der Waals surface area contributed by atoms with Gasteiger partial charge in [0, 0.05) is 22.5 Å². The molecule has 1 saturated carbocycles. The van der Waals surface area contributed by atoms with Crippen molar-refractivity contribution in [3.8, 4) is 0 Å². The number of carbonyl (C=O) groups excluding carboxylic acids is 1. The number of nitrogens with zero attached hydrogens (tertiary/aromatic N) is 1. The summed E-state index contributed by atoms with van der Waals surface area (Å²) in [7, 11) is 4.12. The highest BCUT2D eigenvalue weighted by atomic mass is 32.1. The highest BCUT2D eigenvalue weighted by Gasteiger charge is 2.19. The molecule has 1 aliphatic rings. The van der Waals surface area contributed by atoms with Crippen LogP contribution in [0.3, 0.4) is 0 Å². The SMILES string of the molecule is Cc1cc(CN(C)C)ccc1NC(=O)c1csc(C2CCCCC2)c1. The second-order valence-corrected chi connectivity index (χ2v) is 8.36. The molecule has 3 rings (SSSR count). The molecule has 1 N–H and O–H groups in total. The molecular formula is C21H28N2OS. The van der Waals surface area contributed by atoms with E-state index in [4.69, 9.17) is 0 Å². The number of aryl methyl sites for hydroxylation is 1. The van der Waals surface area contributed by atoms with E-state index in [1.165, 1.54) is 42.5 Å². The van der Waals surface area contributed by atoms with E-state index in [2.05, 4.69) is 49.4 Å². The third-order valence-corrected chi connectivity index (χ3v) is 6.02. The van der Waals surface area contributed by atoms with Gasteiger partial charge in [-0.05, 0) is 63.0 Å². The Bertz CT molecular complexity index is 729. The lowest BCUT2D eigenvalue weighted by molar-refractivity contribution is 0.102. The lowest BCUT2D eigenvalue weighted by atomic mass is 9.88. The van der Waals surface area contributed by atoms with Crippen molar-refractivity contribution >= 4 is 22.9 Å². The Morgan fingerprint density at radius 2 is 1.96 bits per heavy atom. The standard InChI is InChI=1S/C21H28N2OS/c1-15-11-16(13-23(2)3)9-10-19(15)22-21(24)18-12-20(25-14-18)17-7-5-4-6-8-17/h9-12,14,17H,4-8,13H2,1-3H3,(H,22,24). The van der Waals surface area contributed by atoms with Gasteiger partial charge in [-0.3, -0.25) is 4.79 Å². The number of thiophene rings is 1. The molecule has 0 atom stereocenters. The van der Waals surface area contributed by atoms with Gasteiger partial charge in [-0.2, -0.15) is 0 Å². The van der Waals surface area contributed by atoms with Gasteiger partial charge in [0.1, 0.15) is 0 Å². The molecule has 134 valence electrons. The minimum Gasteiger partial charge on any atom is -0.322 e. The quantitative estimate of drug-likeness (QED) is 0.776. The van der Waals surface area contributed by atoms with Crippen molar-refractivity contribution in [3.63, 3.8) is 0 Å². The number of hydrogen-bond donors (Lipinski definition) is 1. The molecule has 2 aromatic rings. The number of benzene rings is 1. The van der Waals surface area contributed by atoms with Crippen LogP contribution in [0.5, 0.6) is 0 Å². The van der Waals surface area contributed by atoms with Crippen LogP contribution < -0.4 is 5.32 Å². The summed E-state index contributed by atoms with van der Waals surface area (Å²) < 4.78 is 0. The van der Waals surface area contributed by atoms with Crippen LogP contribution in [0, 0.1) is 6.92 Å². The van der Waals surface area contributed by atoms with Crippen molar-refractivity contribution in [2.45, 2.75) is 51.5 Å². The third kappa shape index (κ3) is 4.71. The third-order valence-electron chi connectivity index (χ3n) is 4.93. The summed E-state index contributed by atoms with van der Waals surface area (Å²) in [5.41, 5.74) is 4.06. The minimum atomic E-state index is 0.00164. The van der Waals surface area contributed by atoms with E-state index in [0.29, 0.717) is 5.92 Å². The summed E-state index contributed by atoms with van der Waals surface area (Å²) >= 11 is 1.74. The predicted octanol–water partition coefficient (Wildman–Crippen LogP) is 5.42. The molecule has 25 heavy (non-hydrogen) atoms. The fourth-order valence-electron chi connectivity index (χ4n) is 3.60. The van der Waals surface area contributed by atoms with Crippen LogP contribution in [0.4, 0.5) is 5.69 Å². The highest BCUT2D eigenvalue weighted by Crippen LogP contribution is 2.36. The molecule has 1 amide bonds. The Balaban J connectivity index is 1.67. The summed E-state index contributed by atoms with van der Waals surface area (Å²) in [6, 6.07) is 8.35. The second kappa shape index (κ2) is 8.15. The zero-order valence-electron chi connectivity index (χ0n) is 15.5. The topological polar surface area (TPSA) is 32.3 Å². The largest absolute Gasteiger partial charge is 0.322 e. The van der Waals surface area contributed by atoms with E-state index in [-0.39, 0.29) is 5.91 Å². The molecule has 0 radical (unpaired) electrons. The summed E-state index contributed by atoms with van der Waals surface area (Å²) in [5.74, 6) is 0.661. The van der Waals surface area contributed by atoms with Crippen LogP contribution in [-0.4, -0.2) is 24.9 Å². The fourth-order valence-corrected chi connectivity index (χ4v) is 4.66. The average molecular weight is 357 g/mol. The Hall–Kier alpha value is -1.65. The molecule has 0 unspecified atom stereocenters. The van der Waals surface area contributed by atoms with Gasteiger partial charge >= 0.3 is 0 Å². The highest BCUT2D eigenvalue weighted by molar-refractivity contribution is 7.10. The van der Waals surface area contributed by atoms with E-state index < -0.39 is 0 Å². The molecule has 1 aromatic carbocycles. The van der Waals surface area contributed by atoms with Crippen LogP contribution in [0.2, 0.25) is 0 Å². The molecule has 1 aliphatic carbocycles. The molecule has 1 aromatic heterocycles. The van der Waals surface area contributed by atoms with Gasteiger partial charge in [-0.1, -0.05) is 31.4 Å². The zero-order valence-corrected chi connectivity index (χ0v) is 16.3. The number of carbonyl (C=O) groups is 1. The van der Waals surface area contributed by atoms with E-state index in [0.717, 1.165) is 23.4 Å². The van der Waals surface area contributed by atoms with Gasteiger partial charge in [0.15, 0.2) is 0 Å². The van der Waals surface area contributed by atoms with Crippen LogP contribution in [0.15, 0.2) is 29.6 Å². The molecule has 0 aliphatic heterocycles. The first kappa shape index (κ1) is 18.2. The second-order valence-electron chi connectivity index (χ2n) is 7.41. The van der Waals surface area contributed by atoms with Crippen LogP contribution >= 0.6 is 11.3 Å². The first-order chi connectivity index (χ1) is 12.0. The first-order valence-electron chi connectivity index (χ1n) is 9.17. The molecule has 0 bridgehead atoms. The number of hydrogen-bond acceptors (Lipinski definition) is 3. The predicted molar refractivity (Wildman–Crippen MR) is 107 cm³/mol. The Kier molecular flexibility index (Phi) is 5.92. The average Bonchev–Trinajstić information content (AvgIpc) is 3.08. The van der Waals surface area contributed by atoms with Crippen LogP contribution in [0.25, 0.3) is 0 Å². The monoisotopic (exact) mass is 356 g/mol. The maximum absolute atomic E-state index is 12.6. The maximum Gasteiger partial charge on any atom is 0.256 e. The fraction of sp³-hybridized carbons (Fsp3) is 0.476. The first-order valence-corrected chi connectivity index (χ1v) is 10.0. The number of nitrogens with one attached hydrogen (secondary N) is 1. The Morgan fingerprint density at radius 3 is 2.64 bits per heavy atom. The lowest BCUT2D eigenvalue weighted by Crippen LogP contribution is -2.13. The van der Waals surface area contributed by atoms with Crippen molar-refractivity contribution in [1.82, 2.24) is 4.90 Å². The van der Waals surface area contributed by atoms with Gasteiger partial charge in [0.25, 0.3) is 5.91 Å². The smallest absolute Gasteiger partial charge is 0.256 e. The van der Waals surface area contributed by atoms with Crippen molar-refractivity contribution in [2.24, 2.45) is 0 Å². The van der Waals surface area contributed by atoms with Gasteiger partial charge in [0.05, 0.1) is 5.56 Å². The molecule has 0 spiro atoms. The lowest BCUT2D eigenvalue weighted by Gasteiger charge is -2.19. The Labute approximate surface area is 155 Å². The number of amides is 1. The summed E-state index contributed by atoms with van der Waals surface area (Å²) in [4.78, 5) is 16.1. The van der Waals surface area contributed by atoms with Gasteiger partial charge < -0.3 is 10.2 Å². The van der Waals surface area contributed by atoms with Gasteiger partial charge in [-0.15, -0.1) is 11.3 Å². The summed E-state index contributed by atoms with van der Waals surface area (Å²) in [6.07, 6.45) is 6.55. The summed E-state index contributed by atoms with van der Waals surface area (Å²) in [6.45, 7) is 2.96. The van der Waals surface area contributed by atoms with Crippen molar-refractivity contribution < 1.29 is 4.79 Å². The zero-order chi connectivity index (χ0) is 17.8. The van der Waals surface area contributed by atoms with Crippen molar-refractivity contribution in [1.29, 1.82) is 0 Å². The molecular weight excluding hydrogens is 328 g/mol. The van der Waals surface area contributed by atoms with Crippen molar-refractivity contribution in [3.05, 3.63) is 51.2 Å². The van der Waals surface area contributed by atoms with Gasteiger partial charge in [0.2, 0.25) is 0 Å². The number of rotatable bonds is 5. The molecule has 4 heteroatoms. The molecule has 0 saturated heterocycles. The Morgan fingerprint density at radius 1 is 1.20 bits per heavy atom. The minimum absolute atomic E-state index is 0.00164.